The highest BCUT2D eigenvalue weighted by Crippen LogP contribution is 2.42. The Kier molecular flexibility index (Phi) is 5.49. The number of nitrogens with zero attached hydrogens (tertiary/aromatic N) is 5. The van der Waals surface area contributed by atoms with Gasteiger partial charge in [0.05, 0.1) is 35.1 Å². The van der Waals surface area contributed by atoms with E-state index in [0.29, 0.717) is 48.3 Å². The Bertz CT molecular complexity index is 1390. The number of nitriles is 1. The van der Waals surface area contributed by atoms with Gasteiger partial charge in [-0.2, -0.15) is 5.26 Å². The minimum Gasteiger partial charge on any atom is -0.381 e. The topological polar surface area (TPSA) is 93.2 Å². The molecular formula is C23H19Cl2N5O3. The fraction of sp³-hybridized carbons (Fsp3) is 0.304. The summed E-state index contributed by atoms with van der Waals surface area (Å²) in [5.41, 5.74) is -0.0784. The number of rotatable bonds is 4. The molecule has 0 unspecified atom stereocenters. The number of hydrogen-bond donors (Lipinski definition) is 0. The van der Waals surface area contributed by atoms with Crippen LogP contribution in [0.2, 0.25) is 10.0 Å². The number of benzene rings is 1. The van der Waals surface area contributed by atoms with Crippen LogP contribution in [0.5, 0.6) is 0 Å². The van der Waals surface area contributed by atoms with E-state index in [1.807, 2.05) is 4.90 Å². The van der Waals surface area contributed by atoms with Crippen molar-refractivity contribution >= 4 is 29.0 Å². The van der Waals surface area contributed by atoms with Crippen LogP contribution in [0.3, 0.4) is 0 Å². The lowest BCUT2D eigenvalue weighted by molar-refractivity contribution is 0.130. The van der Waals surface area contributed by atoms with Gasteiger partial charge in [0.1, 0.15) is 12.4 Å². The lowest BCUT2D eigenvalue weighted by Gasteiger charge is -2.49. The molecule has 0 N–H and O–H groups in total. The lowest BCUT2D eigenvalue weighted by atomic mass is 9.79. The minimum atomic E-state index is -0.630. The molecule has 0 radical (unpaired) electrons. The second kappa shape index (κ2) is 8.34. The number of anilines is 1. The van der Waals surface area contributed by atoms with Gasteiger partial charge in [-0.1, -0.05) is 35.3 Å². The number of ether oxygens (including phenoxy) is 1. The normalized spacial score (nSPS) is 16.6. The minimum absolute atomic E-state index is 0.00482. The van der Waals surface area contributed by atoms with Crippen molar-refractivity contribution in [2.75, 3.05) is 31.2 Å². The lowest BCUT2D eigenvalue weighted by Crippen LogP contribution is -2.59. The van der Waals surface area contributed by atoms with Gasteiger partial charge < -0.3 is 9.64 Å². The molecule has 10 heteroatoms. The van der Waals surface area contributed by atoms with Crippen molar-refractivity contribution in [1.82, 2.24) is 14.1 Å². The fourth-order valence-electron chi connectivity index (χ4n) is 4.64. The van der Waals surface area contributed by atoms with E-state index in [4.69, 9.17) is 27.9 Å². The Morgan fingerprint density at radius 2 is 1.97 bits per heavy atom. The van der Waals surface area contributed by atoms with Crippen molar-refractivity contribution < 1.29 is 4.74 Å². The first-order chi connectivity index (χ1) is 15.9. The van der Waals surface area contributed by atoms with E-state index in [-0.39, 0.29) is 22.7 Å². The van der Waals surface area contributed by atoms with Gasteiger partial charge in [0.15, 0.2) is 0 Å². The van der Waals surface area contributed by atoms with Crippen LogP contribution in [0.25, 0.3) is 16.8 Å². The molecule has 33 heavy (non-hydrogen) atoms. The van der Waals surface area contributed by atoms with Gasteiger partial charge in [0, 0.05) is 36.3 Å². The smallest absolute Gasteiger partial charge is 0.338 e. The maximum atomic E-state index is 13.8. The summed E-state index contributed by atoms with van der Waals surface area (Å²) in [5.74, 6) is 0.414. The summed E-state index contributed by atoms with van der Waals surface area (Å²) in [6, 6.07) is 10.4. The molecule has 2 aliphatic heterocycles. The zero-order chi connectivity index (χ0) is 23.2. The SMILES string of the molecule is N#CCn1c(N2CC3(CCOC3)C2)c(-c2cccc(Cl)c2)c(=O)n(-c2cncc(Cl)c2)c1=O. The van der Waals surface area contributed by atoms with Gasteiger partial charge in [0.25, 0.3) is 5.56 Å². The van der Waals surface area contributed by atoms with Crippen molar-refractivity contribution in [3.8, 4) is 22.9 Å². The maximum absolute atomic E-state index is 13.8. The third-order valence-corrected chi connectivity index (χ3v) is 6.59. The molecular weight excluding hydrogens is 465 g/mol. The van der Waals surface area contributed by atoms with Gasteiger partial charge >= 0.3 is 5.69 Å². The Labute approximate surface area is 199 Å². The molecule has 0 bridgehead atoms. The average molecular weight is 484 g/mol. The van der Waals surface area contributed by atoms with Crippen LogP contribution in [0, 0.1) is 16.7 Å². The molecule has 1 aromatic carbocycles. The van der Waals surface area contributed by atoms with Crippen molar-refractivity contribution in [1.29, 1.82) is 5.26 Å². The maximum Gasteiger partial charge on any atom is 0.338 e. The Morgan fingerprint density at radius 3 is 2.64 bits per heavy atom. The van der Waals surface area contributed by atoms with Crippen molar-refractivity contribution in [2.45, 2.75) is 13.0 Å². The zero-order valence-electron chi connectivity index (χ0n) is 17.5. The van der Waals surface area contributed by atoms with Gasteiger partial charge in [-0.05, 0) is 30.2 Å². The van der Waals surface area contributed by atoms with E-state index in [0.717, 1.165) is 11.0 Å². The van der Waals surface area contributed by atoms with Crippen LogP contribution in [0.15, 0.2) is 52.3 Å². The highest BCUT2D eigenvalue weighted by molar-refractivity contribution is 6.31. The van der Waals surface area contributed by atoms with E-state index < -0.39 is 11.2 Å². The predicted molar refractivity (Wildman–Crippen MR) is 125 cm³/mol. The summed E-state index contributed by atoms with van der Waals surface area (Å²) in [7, 11) is 0. The largest absolute Gasteiger partial charge is 0.381 e. The number of halogens is 2. The highest BCUT2D eigenvalue weighted by atomic mass is 35.5. The molecule has 4 heterocycles. The standard InChI is InChI=1S/C23H19Cl2N5O3/c24-16-3-1-2-15(8-16)19-20(28-12-23(13-28)4-7-33-14-23)29(6-5-26)22(32)30(21(19)31)18-9-17(25)10-27-11-18/h1-3,8-11H,4,6-7,12-14H2. The molecule has 8 nitrogen and oxygen atoms in total. The van der Waals surface area contributed by atoms with Gasteiger partial charge in [0.2, 0.25) is 0 Å². The quantitative estimate of drug-likeness (QED) is 0.565. The molecule has 3 aromatic rings. The summed E-state index contributed by atoms with van der Waals surface area (Å²) in [4.78, 5) is 33.4. The molecule has 0 aliphatic carbocycles. The van der Waals surface area contributed by atoms with Crippen molar-refractivity contribution in [2.24, 2.45) is 5.41 Å². The van der Waals surface area contributed by atoms with Crippen LogP contribution < -0.4 is 16.1 Å². The summed E-state index contributed by atoms with van der Waals surface area (Å²) in [5, 5.41) is 10.3. The van der Waals surface area contributed by atoms with Crippen LogP contribution >= 0.6 is 23.2 Å². The van der Waals surface area contributed by atoms with Gasteiger partial charge in [-0.3, -0.25) is 14.3 Å². The Balaban J connectivity index is 1.80. The van der Waals surface area contributed by atoms with Crippen LogP contribution in [-0.2, 0) is 11.3 Å². The summed E-state index contributed by atoms with van der Waals surface area (Å²) >= 11 is 12.3. The first kappa shape index (κ1) is 21.7. The highest BCUT2D eigenvalue weighted by Gasteiger charge is 2.47. The molecule has 2 aliphatic rings. The zero-order valence-corrected chi connectivity index (χ0v) is 19.0. The Hall–Kier alpha value is -3.12. The second-order valence-corrected chi connectivity index (χ2v) is 9.27. The molecule has 0 saturated carbocycles. The van der Waals surface area contributed by atoms with Gasteiger partial charge in [-0.25, -0.2) is 9.36 Å². The van der Waals surface area contributed by atoms with Crippen LogP contribution in [0.4, 0.5) is 5.82 Å². The number of aromatic nitrogens is 3. The summed E-state index contributed by atoms with van der Waals surface area (Å²) in [6.45, 7) is 2.38. The summed E-state index contributed by atoms with van der Waals surface area (Å²) < 4.78 is 7.92. The monoisotopic (exact) mass is 483 g/mol. The van der Waals surface area contributed by atoms with E-state index in [2.05, 4.69) is 11.1 Å². The molecule has 2 fully saturated rings. The van der Waals surface area contributed by atoms with E-state index in [1.54, 1.807) is 24.3 Å². The molecule has 168 valence electrons. The van der Waals surface area contributed by atoms with E-state index >= 15 is 0 Å². The second-order valence-electron chi connectivity index (χ2n) is 8.40. The molecule has 0 amide bonds. The molecule has 5 rings (SSSR count). The first-order valence-electron chi connectivity index (χ1n) is 10.4. The third-order valence-electron chi connectivity index (χ3n) is 6.15. The van der Waals surface area contributed by atoms with Crippen molar-refractivity contribution in [3.63, 3.8) is 0 Å². The van der Waals surface area contributed by atoms with Crippen molar-refractivity contribution in [3.05, 3.63) is 73.6 Å². The summed E-state index contributed by atoms with van der Waals surface area (Å²) in [6.07, 6.45) is 3.73. The number of pyridine rings is 1. The molecule has 2 saturated heterocycles. The number of hydrogen-bond acceptors (Lipinski definition) is 6. The van der Waals surface area contributed by atoms with E-state index in [9.17, 15) is 14.9 Å². The first-order valence-corrected chi connectivity index (χ1v) is 11.1. The fourth-order valence-corrected chi connectivity index (χ4v) is 5.00. The Morgan fingerprint density at radius 1 is 1.15 bits per heavy atom. The van der Waals surface area contributed by atoms with Crippen LogP contribution in [-0.4, -0.2) is 40.4 Å². The van der Waals surface area contributed by atoms with Gasteiger partial charge in [-0.15, -0.1) is 0 Å². The average Bonchev–Trinajstić information content (AvgIpc) is 3.25. The third kappa shape index (κ3) is 3.72. The predicted octanol–water partition coefficient (Wildman–Crippen LogP) is 3.12. The van der Waals surface area contributed by atoms with E-state index in [1.165, 1.54) is 23.0 Å². The molecule has 0 atom stereocenters. The molecule has 2 aromatic heterocycles. The molecule has 1 spiro atoms. The van der Waals surface area contributed by atoms with Crippen LogP contribution in [0.1, 0.15) is 6.42 Å².